The first kappa shape index (κ1) is 12.5. The van der Waals surface area contributed by atoms with Crippen molar-refractivity contribution in [2.75, 3.05) is 4.90 Å². The van der Waals surface area contributed by atoms with Crippen LogP contribution in [0.1, 0.15) is 51.5 Å². The van der Waals surface area contributed by atoms with E-state index >= 15 is 0 Å². The number of anilines is 1. The quantitative estimate of drug-likeness (QED) is 0.702. The number of hydrogen-bond acceptors (Lipinski definition) is 2. The van der Waals surface area contributed by atoms with Crippen LogP contribution in [-0.4, -0.2) is 17.7 Å². The maximum absolute atomic E-state index is 12.5. The number of nitrogens with zero attached hydrogens (tertiary/aromatic N) is 1. The molecular weight excluding hydrogens is 238 g/mol. The Bertz CT molecular complexity index is 504. The lowest BCUT2D eigenvalue weighted by Gasteiger charge is -2.28. The number of amides is 1. The molecule has 1 aliphatic carbocycles. The third kappa shape index (κ3) is 2.11. The van der Waals surface area contributed by atoms with Gasteiger partial charge in [-0.05, 0) is 45.2 Å². The van der Waals surface area contributed by atoms with Gasteiger partial charge in [-0.25, -0.2) is 4.79 Å². The Labute approximate surface area is 114 Å². The third-order valence-corrected chi connectivity index (χ3v) is 4.00. The fourth-order valence-electron chi connectivity index (χ4n) is 3.36. The molecule has 0 radical (unpaired) electrons. The van der Waals surface area contributed by atoms with E-state index in [1.807, 2.05) is 37.8 Å². The first-order valence-electron chi connectivity index (χ1n) is 7.08. The number of para-hydroxylation sites is 1. The van der Waals surface area contributed by atoms with E-state index in [4.69, 9.17) is 4.74 Å². The van der Waals surface area contributed by atoms with Crippen LogP contribution in [0.4, 0.5) is 10.5 Å². The number of benzene rings is 1. The summed E-state index contributed by atoms with van der Waals surface area (Å²) in [5.74, 6) is 0.503. The van der Waals surface area contributed by atoms with Crippen LogP contribution < -0.4 is 4.90 Å². The van der Waals surface area contributed by atoms with E-state index in [0.717, 1.165) is 12.1 Å². The molecular formula is C16H21NO2. The van der Waals surface area contributed by atoms with E-state index in [9.17, 15) is 4.79 Å². The van der Waals surface area contributed by atoms with Crippen molar-refractivity contribution in [2.45, 2.75) is 57.6 Å². The smallest absolute Gasteiger partial charge is 0.415 e. The molecule has 1 saturated carbocycles. The Morgan fingerprint density at radius 3 is 2.74 bits per heavy atom. The number of carbonyl (C=O) groups excluding carboxylic acids is 1. The van der Waals surface area contributed by atoms with E-state index in [2.05, 4.69) is 12.1 Å². The zero-order valence-electron chi connectivity index (χ0n) is 11.8. The summed E-state index contributed by atoms with van der Waals surface area (Å²) in [4.78, 5) is 14.4. The van der Waals surface area contributed by atoms with Gasteiger partial charge in [-0.3, -0.25) is 4.90 Å². The molecule has 0 bridgehead atoms. The molecule has 1 fully saturated rings. The summed E-state index contributed by atoms with van der Waals surface area (Å²) < 4.78 is 5.57. The lowest BCUT2D eigenvalue weighted by molar-refractivity contribution is 0.0568. The summed E-state index contributed by atoms with van der Waals surface area (Å²) >= 11 is 0. The molecule has 1 aromatic carbocycles. The van der Waals surface area contributed by atoms with E-state index in [1.54, 1.807) is 0 Å². The average molecular weight is 259 g/mol. The molecule has 1 amide bonds. The molecule has 1 aliphatic heterocycles. The molecule has 0 saturated heterocycles. The lowest BCUT2D eigenvalue weighted by Crippen LogP contribution is -2.41. The first-order chi connectivity index (χ1) is 8.97. The predicted octanol–water partition coefficient (Wildman–Crippen LogP) is 4.08. The van der Waals surface area contributed by atoms with Crippen molar-refractivity contribution in [1.82, 2.24) is 0 Å². The van der Waals surface area contributed by atoms with Crippen molar-refractivity contribution in [2.24, 2.45) is 0 Å². The molecule has 1 heterocycles. The maximum Gasteiger partial charge on any atom is 0.415 e. The highest BCUT2D eigenvalue weighted by atomic mass is 16.6. The Morgan fingerprint density at radius 2 is 2.00 bits per heavy atom. The van der Waals surface area contributed by atoms with Crippen molar-refractivity contribution in [3.63, 3.8) is 0 Å². The van der Waals surface area contributed by atoms with Gasteiger partial charge in [-0.2, -0.15) is 0 Å². The molecule has 0 unspecified atom stereocenters. The normalized spacial score (nSPS) is 25.1. The van der Waals surface area contributed by atoms with Crippen LogP contribution in [0.25, 0.3) is 0 Å². The minimum atomic E-state index is -0.442. The summed E-state index contributed by atoms with van der Waals surface area (Å²) in [6.45, 7) is 5.75. The van der Waals surface area contributed by atoms with Crippen molar-refractivity contribution in [3.05, 3.63) is 29.8 Å². The molecule has 2 atom stereocenters. The number of rotatable bonds is 0. The van der Waals surface area contributed by atoms with Gasteiger partial charge in [0.25, 0.3) is 0 Å². The summed E-state index contributed by atoms with van der Waals surface area (Å²) in [7, 11) is 0. The van der Waals surface area contributed by atoms with Crippen LogP contribution in [0.3, 0.4) is 0 Å². The second-order valence-electron chi connectivity index (χ2n) is 6.51. The number of hydrogen-bond donors (Lipinski definition) is 0. The second-order valence-corrected chi connectivity index (χ2v) is 6.51. The van der Waals surface area contributed by atoms with Crippen molar-refractivity contribution < 1.29 is 9.53 Å². The topological polar surface area (TPSA) is 29.5 Å². The second kappa shape index (κ2) is 4.26. The van der Waals surface area contributed by atoms with Gasteiger partial charge in [0.15, 0.2) is 0 Å². The molecule has 3 nitrogen and oxygen atoms in total. The third-order valence-electron chi connectivity index (χ3n) is 4.00. The summed E-state index contributed by atoms with van der Waals surface area (Å²) in [6, 6.07) is 8.55. The highest BCUT2D eigenvalue weighted by Gasteiger charge is 2.45. The average Bonchev–Trinajstić information content (AvgIpc) is 2.85. The van der Waals surface area contributed by atoms with Gasteiger partial charge in [0.1, 0.15) is 5.60 Å². The van der Waals surface area contributed by atoms with Gasteiger partial charge in [0.2, 0.25) is 0 Å². The molecule has 0 spiro atoms. The zero-order valence-corrected chi connectivity index (χ0v) is 11.8. The fraction of sp³-hybridized carbons (Fsp3) is 0.562. The van der Waals surface area contributed by atoms with Gasteiger partial charge in [-0.15, -0.1) is 0 Å². The molecule has 2 aliphatic rings. The Balaban J connectivity index is 1.94. The lowest BCUT2D eigenvalue weighted by atomic mass is 9.98. The number of carbonyl (C=O) groups is 1. The van der Waals surface area contributed by atoms with Crippen LogP contribution in [0.5, 0.6) is 0 Å². The monoisotopic (exact) mass is 259 g/mol. The predicted molar refractivity (Wildman–Crippen MR) is 75.5 cm³/mol. The minimum absolute atomic E-state index is 0.200. The largest absolute Gasteiger partial charge is 0.443 e. The summed E-state index contributed by atoms with van der Waals surface area (Å²) in [5.41, 5.74) is 1.92. The zero-order chi connectivity index (χ0) is 13.6. The van der Waals surface area contributed by atoms with Crippen molar-refractivity contribution in [3.8, 4) is 0 Å². The van der Waals surface area contributed by atoms with Gasteiger partial charge in [0.05, 0.1) is 5.69 Å². The molecule has 1 aromatic rings. The molecule has 0 N–H and O–H groups in total. The van der Waals surface area contributed by atoms with Gasteiger partial charge < -0.3 is 4.74 Å². The highest BCUT2D eigenvalue weighted by Crippen LogP contribution is 2.49. The van der Waals surface area contributed by atoms with Gasteiger partial charge >= 0.3 is 6.09 Å². The highest BCUT2D eigenvalue weighted by molar-refractivity contribution is 5.92. The first-order valence-corrected chi connectivity index (χ1v) is 7.08. The number of ether oxygens (including phenoxy) is 1. The molecule has 3 heteroatoms. The van der Waals surface area contributed by atoms with Crippen LogP contribution in [0, 0.1) is 0 Å². The van der Waals surface area contributed by atoms with E-state index < -0.39 is 5.60 Å². The summed E-state index contributed by atoms with van der Waals surface area (Å²) in [6.07, 6.45) is 3.26. The van der Waals surface area contributed by atoms with E-state index in [-0.39, 0.29) is 6.09 Å². The van der Waals surface area contributed by atoms with Gasteiger partial charge in [-0.1, -0.05) is 24.6 Å². The van der Waals surface area contributed by atoms with Crippen LogP contribution in [0.2, 0.25) is 0 Å². The minimum Gasteiger partial charge on any atom is -0.443 e. The Kier molecular flexibility index (Phi) is 2.80. The Hall–Kier alpha value is -1.51. The van der Waals surface area contributed by atoms with Crippen LogP contribution in [-0.2, 0) is 4.74 Å². The van der Waals surface area contributed by atoms with Crippen molar-refractivity contribution in [1.29, 1.82) is 0 Å². The van der Waals surface area contributed by atoms with Crippen LogP contribution in [0.15, 0.2) is 24.3 Å². The molecule has 19 heavy (non-hydrogen) atoms. The number of fused-ring (bicyclic) bond motifs is 3. The molecule has 0 aromatic heterocycles. The Morgan fingerprint density at radius 1 is 1.26 bits per heavy atom. The maximum atomic E-state index is 12.5. The van der Waals surface area contributed by atoms with Crippen molar-refractivity contribution >= 4 is 11.8 Å². The fourth-order valence-corrected chi connectivity index (χ4v) is 3.36. The SMILES string of the molecule is CC(C)(C)OC(=O)N1c2ccccc2[C@H]2CCC[C@H]21. The van der Waals surface area contributed by atoms with E-state index in [1.165, 1.54) is 18.4 Å². The van der Waals surface area contributed by atoms with E-state index in [0.29, 0.717) is 12.0 Å². The standard InChI is InChI=1S/C16H21NO2/c1-16(2,3)19-15(18)17-13-9-5-4-7-11(13)12-8-6-10-14(12)17/h4-5,7,9,12,14H,6,8,10H2,1-3H3/t12-,14-/m1/s1. The molecule has 102 valence electrons. The van der Waals surface area contributed by atoms with Gasteiger partial charge in [0, 0.05) is 12.0 Å². The molecule has 3 rings (SSSR count). The van der Waals surface area contributed by atoms with Crippen LogP contribution >= 0.6 is 0 Å². The summed E-state index contributed by atoms with van der Waals surface area (Å²) in [5, 5.41) is 0.